The number of nitrogens with one attached hydrogen (secondary N) is 1. The number of esters is 1. The molecule has 0 spiro atoms. The third-order valence-corrected chi connectivity index (χ3v) is 3.82. The average molecular weight is 397 g/mol. The lowest BCUT2D eigenvalue weighted by Crippen LogP contribution is -2.20. The van der Waals surface area contributed by atoms with Gasteiger partial charge in [-0.05, 0) is 61.9 Å². The topological polar surface area (TPSA) is 90.9 Å². The van der Waals surface area contributed by atoms with E-state index >= 15 is 0 Å². The van der Waals surface area contributed by atoms with Gasteiger partial charge in [-0.25, -0.2) is 4.79 Å². The first-order chi connectivity index (χ1) is 13.9. The molecule has 2 aromatic rings. The Morgan fingerprint density at radius 3 is 2.38 bits per heavy atom. The monoisotopic (exact) mass is 397 g/mol. The molecule has 1 amide bonds. The third kappa shape index (κ3) is 6.80. The smallest absolute Gasteiger partial charge is 0.331 e. The van der Waals surface area contributed by atoms with Crippen molar-refractivity contribution >= 4 is 29.4 Å². The second-order valence-corrected chi connectivity index (χ2v) is 5.97. The molecule has 0 radical (unpaired) electrons. The van der Waals surface area contributed by atoms with Gasteiger partial charge in [0.2, 0.25) is 0 Å². The van der Waals surface area contributed by atoms with Gasteiger partial charge >= 0.3 is 5.97 Å². The number of carbonyl (C=O) groups excluding carboxylic acids is 3. The maximum atomic E-state index is 11.9. The Bertz CT molecular complexity index is 902. The first-order valence-corrected chi connectivity index (χ1v) is 8.99. The second kappa shape index (κ2) is 10.7. The summed E-state index contributed by atoms with van der Waals surface area (Å²) in [4.78, 5) is 35.0. The van der Waals surface area contributed by atoms with Crippen LogP contribution in [0.2, 0.25) is 0 Å². The van der Waals surface area contributed by atoms with E-state index in [0.29, 0.717) is 29.4 Å². The van der Waals surface area contributed by atoms with Crippen LogP contribution in [0.25, 0.3) is 6.08 Å². The van der Waals surface area contributed by atoms with Crippen molar-refractivity contribution in [2.45, 2.75) is 13.8 Å². The molecule has 0 saturated heterocycles. The van der Waals surface area contributed by atoms with Gasteiger partial charge in [-0.3, -0.25) is 9.59 Å². The molecule has 7 heteroatoms. The maximum absolute atomic E-state index is 11.9. The highest BCUT2D eigenvalue weighted by Crippen LogP contribution is 2.28. The highest BCUT2D eigenvalue weighted by Gasteiger charge is 2.07. The van der Waals surface area contributed by atoms with Crippen molar-refractivity contribution in [3.63, 3.8) is 0 Å². The summed E-state index contributed by atoms with van der Waals surface area (Å²) >= 11 is 0. The number of ketones is 1. The number of hydrogen-bond acceptors (Lipinski definition) is 6. The van der Waals surface area contributed by atoms with Crippen LogP contribution >= 0.6 is 0 Å². The van der Waals surface area contributed by atoms with E-state index in [4.69, 9.17) is 14.2 Å². The van der Waals surface area contributed by atoms with Crippen molar-refractivity contribution in [1.29, 1.82) is 0 Å². The lowest BCUT2D eigenvalue weighted by Gasteiger charge is -2.09. The van der Waals surface area contributed by atoms with E-state index in [9.17, 15) is 14.4 Å². The van der Waals surface area contributed by atoms with Gasteiger partial charge in [-0.2, -0.15) is 0 Å². The minimum absolute atomic E-state index is 0.0613. The van der Waals surface area contributed by atoms with Crippen LogP contribution in [0.15, 0.2) is 48.5 Å². The molecule has 0 heterocycles. The fourth-order valence-electron chi connectivity index (χ4n) is 2.40. The average Bonchev–Trinajstić information content (AvgIpc) is 2.72. The Morgan fingerprint density at radius 1 is 1.03 bits per heavy atom. The standard InChI is InChI=1S/C22H23NO6/c1-4-28-19-11-5-16(13-20(19)27-3)6-12-22(26)29-14-21(25)23-18-9-7-17(8-10-18)15(2)24/h5-13H,4,14H2,1-3H3,(H,23,25)/b12-6+. The molecule has 0 aliphatic heterocycles. The number of ether oxygens (including phenoxy) is 3. The lowest BCUT2D eigenvalue weighted by molar-refractivity contribution is -0.142. The zero-order chi connectivity index (χ0) is 21.2. The zero-order valence-corrected chi connectivity index (χ0v) is 16.6. The van der Waals surface area contributed by atoms with Crippen LogP contribution in [0.5, 0.6) is 11.5 Å². The number of rotatable bonds is 9. The molecular weight excluding hydrogens is 374 g/mol. The summed E-state index contributed by atoms with van der Waals surface area (Å²) in [5.74, 6) is -0.0287. The van der Waals surface area contributed by atoms with E-state index in [1.54, 1.807) is 48.5 Å². The summed E-state index contributed by atoms with van der Waals surface area (Å²) in [5, 5.41) is 2.59. The predicted molar refractivity (Wildman–Crippen MR) is 109 cm³/mol. The summed E-state index contributed by atoms with van der Waals surface area (Å²) in [6.45, 7) is 3.43. The van der Waals surface area contributed by atoms with E-state index in [1.807, 2.05) is 6.92 Å². The van der Waals surface area contributed by atoms with Crippen LogP contribution in [-0.4, -0.2) is 38.0 Å². The molecule has 0 aromatic heterocycles. The minimum Gasteiger partial charge on any atom is -0.493 e. The van der Waals surface area contributed by atoms with Crippen molar-refractivity contribution in [3.8, 4) is 11.5 Å². The Hall–Kier alpha value is -3.61. The van der Waals surface area contributed by atoms with Crippen molar-refractivity contribution in [2.24, 2.45) is 0 Å². The molecule has 29 heavy (non-hydrogen) atoms. The molecule has 0 fully saturated rings. The maximum Gasteiger partial charge on any atom is 0.331 e. The highest BCUT2D eigenvalue weighted by atomic mass is 16.5. The number of amides is 1. The number of methoxy groups -OCH3 is 1. The molecular formula is C22H23NO6. The lowest BCUT2D eigenvalue weighted by atomic mass is 10.1. The molecule has 0 aliphatic rings. The first-order valence-electron chi connectivity index (χ1n) is 8.99. The SMILES string of the molecule is CCOc1ccc(/C=C/C(=O)OCC(=O)Nc2ccc(C(C)=O)cc2)cc1OC. The van der Waals surface area contributed by atoms with Gasteiger partial charge in [0, 0.05) is 17.3 Å². The normalized spacial score (nSPS) is 10.4. The van der Waals surface area contributed by atoms with E-state index < -0.39 is 18.5 Å². The van der Waals surface area contributed by atoms with Gasteiger partial charge in [0.15, 0.2) is 23.9 Å². The minimum atomic E-state index is -0.653. The van der Waals surface area contributed by atoms with E-state index in [2.05, 4.69) is 5.32 Å². The van der Waals surface area contributed by atoms with Gasteiger partial charge in [0.1, 0.15) is 0 Å². The van der Waals surface area contributed by atoms with Gasteiger partial charge in [-0.1, -0.05) is 6.07 Å². The molecule has 2 aromatic carbocycles. The molecule has 0 unspecified atom stereocenters. The Labute approximate surface area is 169 Å². The Morgan fingerprint density at radius 2 is 1.76 bits per heavy atom. The van der Waals surface area contributed by atoms with Crippen molar-refractivity contribution < 1.29 is 28.6 Å². The van der Waals surface area contributed by atoms with Gasteiger partial charge in [0.25, 0.3) is 5.91 Å². The van der Waals surface area contributed by atoms with Crippen LogP contribution in [0.4, 0.5) is 5.69 Å². The van der Waals surface area contributed by atoms with Crippen LogP contribution in [0.1, 0.15) is 29.8 Å². The molecule has 0 saturated carbocycles. The molecule has 0 atom stereocenters. The fourth-order valence-corrected chi connectivity index (χ4v) is 2.40. The Balaban J connectivity index is 1.85. The van der Waals surface area contributed by atoms with E-state index in [-0.39, 0.29) is 5.78 Å². The van der Waals surface area contributed by atoms with Crippen LogP contribution in [-0.2, 0) is 14.3 Å². The highest BCUT2D eigenvalue weighted by molar-refractivity contribution is 5.96. The number of Topliss-reactive ketones (excluding diaryl/α,β-unsaturated/α-hetero) is 1. The first kappa shape index (κ1) is 21.7. The van der Waals surface area contributed by atoms with E-state index in [1.165, 1.54) is 20.1 Å². The summed E-state index contributed by atoms with van der Waals surface area (Å²) in [6, 6.07) is 11.7. The largest absolute Gasteiger partial charge is 0.493 e. The second-order valence-electron chi connectivity index (χ2n) is 5.97. The fraction of sp³-hybridized carbons (Fsp3) is 0.227. The van der Waals surface area contributed by atoms with Gasteiger partial charge < -0.3 is 19.5 Å². The third-order valence-electron chi connectivity index (χ3n) is 3.82. The van der Waals surface area contributed by atoms with Crippen LogP contribution < -0.4 is 14.8 Å². The molecule has 0 aliphatic carbocycles. The molecule has 1 N–H and O–H groups in total. The summed E-state index contributed by atoms with van der Waals surface area (Å²) in [5.41, 5.74) is 1.77. The van der Waals surface area contributed by atoms with E-state index in [0.717, 1.165) is 5.56 Å². The van der Waals surface area contributed by atoms with Crippen LogP contribution in [0, 0.1) is 0 Å². The predicted octanol–water partition coefficient (Wildman–Crippen LogP) is 3.49. The Kier molecular flexibility index (Phi) is 7.97. The molecule has 2 rings (SSSR count). The quantitative estimate of drug-likeness (QED) is 0.396. The molecule has 152 valence electrons. The van der Waals surface area contributed by atoms with Gasteiger partial charge in [0.05, 0.1) is 13.7 Å². The van der Waals surface area contributed by atoms with Gasteiger partial charge in [-0.15, -0.1) is 0 Å². The zero-order valence-electron chi connectivity index (χ0n) is 16.6. The molecule has 7 nitrogen and oxygen atoms in total. The number of anilines is 1. The summed E-state index contributed by atoms with van der Waals surface area (Å²) in [6.07, 6.45) is 2.78. The van der Waals surface area contributed by atoms with Crippen molar-refractivity contribution in [1.82, 2.24) is 0 Å². The van der Waals surface area contributed by atoms with Crippen molar-refractivity contribution in [3.05, 3.63) is 59.7 Å². The van der Waals surface area contributed by atoms with Crippen molar-refractivity contribution in [2.75, 3.05) is 25.6 Å². The summed E-state index contributed by atoms with van der Waals surface area (Å²) in [7, 11) is 1.53. The molecule has 0 bridgehead atoms. The number of carbonyl (C=O) groups is 3. The van der Waals surface area contributed by atoms with Crippen LogP contribution in [0.3, 0.4) is 0 Å². The summed E-state index contributed by atoms with van der Waals surface area (Å²) < 4.78 is 15.6. The number of hydrogen-bond donors (Lipinski definition) is 1. The number of benzene rings is 2.